The molecule has 0 aromatic carbocycles. The molecule has 22 heteroatoms. The van der Waals surface area contributed by atoms with E-state index in [9.17, 15) is 43.3 Å². The van der Waals surface area contributed by atoms with E-state index < -0.39 is 66.6 Å². The summed E-state index contributed by atoms with van der Waals surface area (Å²) >= 11 is 0. The summed E-state index contributed by atoms with van der Waals surface area (Å²) in [6.07, 6.45) is -6.72. The molecule has 31 heavy (non-hydrogen) atoms. The van der Waals surface area contributed by atoms with Gasteiger partial charge in [0.1, 0.15) is 18.3 Å². The molecule has 2 aliphatic heterocycles. The van der Waals surface area contributed by atoms with E-state index in [-0.39, 0.29) is 72.1 Å². The summed E-state index contributed by atoms with van der Waals surface area (Å²) in [5, 5.41) is 21.9. The summed E-state index contributed by atoms with van der Waals surface area (Å²) in [7, 11) is -17.4. The Morgan fingerprint density at radius 3 is 2.19 bits per heavy atom. The number of ether oxygens (including phenoxy) is 1. The Hall–Kier alpha value is 1.23. The van der Waals surface area contributed by atoms with Crippen LogP contribution in [-0.4, -0.2) is 134 Å². The third-order valence-electron chi connectivity index (χ3n) is 3.54. The predicted molar refractivity (Wildman–Crippen MR) is 92.4 cm³/mol. The van der Waals surface area contributed by atoms with Gasteiger partial charge in [-0.25, -0.2) is 18.0 Å². The minimum atomic E-state index is -5.84. The fourth-order valence-corrected chi connectivity index (χ4v) is 5.36. The van der Waals surface area contributed by atoms with Gasteiger partial charge in [0.2, 0.25) is 5.91 Å². The zero-order chi connectivity index (χ0) is 22.2. The molecule has 0 saturated carbocycles. The van der Waals surface area contributed by atoms with Crippen molar-refractivity contribution in [2.45, 2.75) is 31.0 Å². The molecule has 2 heterocycles. The number of carbonyl (C=O) groups is 2. The first-order chi connectivity index (χ1) is 13.1. The zero-order valence-electron chi connectivity index (χ0n) is 16.0. The van der Waals surface area contributed by atoms with Gasteiger partial charge in [0.15, 0.2) is 6.23 Å². The van der Waals surface area contributed by atoms with Crippen molar-refractivity contribution in [2.24, 2.45) is 0 Å². The van der Waals surface area contributed by atoms with E-state index in [1.807, 2.05) is 5.32 Å². The molecule has 2 saturated heterocycles. The SMILES string of the molecule is O=C1CCN([C@@H]2O[C@H](COP(=O)([O-])OP(=O)(O)OP(=O)([O-])O)[C@@H](O)[C@H]2O)C(=O)N1.[Na].[Na]. The van der Waals surface area contributed by atoms with Crippen LogP contribution in [-0.2, 0) is 36.4 Å². The van der Waals surface area contributed by atoms with Gasteiger partial charge in [0, 0.05) is 72.1 Å². The topological polar surface area (TPSA) is 265 Å². The third kappa shape index (κ3) is 9.78. The van der Waals surface area contributed by atoms with Crippen molar-refractivity contribution in [3.05, 3.63) is 0 Å². The maximum Gasteiger partial charge on any atom is 0.485 e. The monoisotopic (exact) mass is 530 g/mol. The number of nitrogens with zero attached hydrogens (tertiary/aromatic N) is 1. The number of urea groups is 1. The minimum absolute atomic E-state index is 0. The first-order valence-electron chi connectivity index (χ1n) is 7.47. The molecule has 0 bridgehead atoms. The van der Waals surface area contributed by atoms with E-state index in [1.54, 1.807) is 0 Å². The van der Waals surface area contributed by atoms with Gasteiger partial charge < -0.3 is 39.0 Å². The largest absolute Gasteiger partial charge is 0.756 e. The Morgan fingerprint density at radius 1 is 1.10 bits per heavy atom. The average molecular weight is 530 g/mol. The van der Waals surface area contributed by atoms with Crippen molar-refractivity contribution in [2.75, 3.05) is 13.2 Å². The number of nitrogens with one attached hydrogen (secondary N) is 1. The number of phosphoric acid groups is 3. The molecular formula is C9H15N2Na2O15P3-2. The van der Waals surface area contributed by atoms with Crippen LogP contribution >= 0.6 is 23.5 Å². The predicted octanol–water partition coefficient (Wildman–Crippen LogP) is -4.31. The van der Waals surface area contributed by atoms with Crippen LogP contribution in [0.25, 0.3) is 0 Å². The molecule has 2 fully saturated rings. The summed E-state index contributed by atoms with van der Waals surface area (Å²) in [5.74, 6) is -0.579. The Morgan fingerprint density at radius 2 is 1.68 bits per heavy atom. The molecule has 7 atom stereocenters. The van der Waals surface area contributed by atoms with E-state index >= 15 is 0 Å². The van der Waals surface area contributed by atoms with E-state index in [1.165, 1.54) is 0 Å². The van der Waals surface area contributed by atoms with Gasteiger partial charge in [-0.3, -0.25) is 24.1 Å². The standard InChI is InChI=1S/C9H17N2O15P3.2Na/c12-5-1-2-11(9(15)10-5)8-7(14)6(13)4(24-8)3-23-28(19,20)26-29(21,22)25-27(16,17)18;;/h4,6-8,13-14H,1-3H2,(H,19,20)(H,21,22)(H,10,12,15)(H2,16,17,18);;/p-2/t4-,6-,7-,8-;;/m1../s1. The second-order valence-electron chi connectivity index (χ2n) is 5.69. The maximum atomic E-state index is 11.8. The van der Waals surface area contributed by atoms with E-state index in [2.05, 4.69) is 13.1 Å². The number of imide groups is 1. The summed E-state index contributed by atoms with van der Waals surface area (Å²) in [4.78, 5) is 63.0. The zero-order valence-corrected chi connectivity index (χ0v) is 22.7. The van der Waals surface area contributed by atoms with Crippen LogP contribution in [0.15, 0.2) is 0 Å². The number of amides is 3. The van der Waals surface area contributed by atoms with E-state index in [0.29, 0.717) is 0 Å². The molecular weight excluding hydrogens is 515 g/mol. The first kappa shape index (κ1) is 32.2. The molecule has 3 unspecified atom stereocenters. The molecule has 3 amide bonds. The van der Waals surface area contributed by atoms with Crippen molar-refractivity contribution in [1.82, 2.24) is 10.2 Å². The Balaban J connectivity index is 0.00000450. The van der Waals surface area contributed by atoms with Gasteiger partial charge >= 0.3 is 13.9 Å². The van der Waals surface area contributed by atoms with Crippen LogP contribution in [0.4, 0.5) is 4.79 Å². The number of carbonyl (C=O) groups excluding carboxylic acids is 2. The van der Waals surface area contributed by atoms with Crippen LogP contribution in [0.1, 0.15) is 6.42 Å². The van der Waals surface area contributed by atoms with Crippen LogP contribution in [0.5, 0.6) is 0 Å². The summed E-state index contributed by atoms with van der Waals surface area (Å²) in [5.41, 5.74) is 0. The number of aliphatic hydroxyl groups excluding tert-OH is 2. The summed E-state index contributed by atoms with van der Waals surface area (Å²) in [6, 6.07) is -0.929. The fourth-order valence-electron chi connectivity index (χ4n) is 2.40. The van der Waals surface area contributed by atoms with Crippen LogP contribution in [0.2, 0.25) is 0 Å². The number of hydrogen-bond acceptors (Lipinski definition) is 13. The van der Waals surface area contributed by atoms with Gasteiger partial charge in [-0.15, -0.1) is 0 Å². The van der Waals surface area contributed by atoms with Gasteiger partial charge in [0.25, 0.3) is 15.6 Å². The average Bonchev–Trinajstić information content (AvgIpc) is 2.78. The molecule has 2 rings (SSSR count). The van der Waals surface area contributed by atoms with Gasteiger partial charge in [0.05, 0.1) is 6.61 Å². The Labute approximate surface area is 218 Å². The molecule has 0 aromatic heterocycles. The first-order valence-corrected chi connectivity index (χ1v) is 11.9. The summed E-state index contributed by atoms with van der Waals surface area (Å²) in [6.45, 7) is -1.27. The van der Waals surface area contributed by atoms with Crippen LogP contribution in [0.3, 0.4) is 0 Å². The quantitative estimate of drug-likeness (QED) is 0.147. The second-order valence-corrected chi connectivity index (χ2v) is 10.0. The van der Waals surface area contributed by atoms with Crippen LogP contribution in [0, 0.1) is 0 Å². The molecule has 0 aromatic rings. The molecule has 2 radical (unpaired) electrons. The Kier molecular flexibility index (Phi) is 12.8. The molecule has 0 aliphatic carbocycles. The minimum Gasteiger partial charge on any atom is -0.756 e. The molecule has 5 N–H and O–H groups in total. The molecule has 170 valence electrons. The van der Waals surface area contributed by atoms with Gasteiger partial charge in [-0.1, -0.05) is 0 Å². The van der Waals surface area contributed by atoms with E-state index in [0.717, 1.165) is 4.90 Å². The summed E-state index contributed by atoms with van der Waals surface area (Å²) < 4.78 is 49.2. The Bertz CT molecular complexity index is 809. The van der Waals surface area contributed by atoms with Gasteiger partial charge in [-0.05, 0) is 0 Å². The van der Waals surface area contributed by atoms with Crippen molar-refractivity contribution < 1.29 is 71.0 Å². The van der Waals surface area contributed by atoms with Crippen molar-refractivity contribution in [3.8, 4) is 0 Å². The molecule has 17 nitrogen and oxygen atoms in total. The van der Waals surface area contributed by atoms with Crippen molar-refractivity contribution in [3.63, 3.8) is 0 Å². The van der Waals surface area contributed by atoms with Crippen molar-refractivity contribution >= 4 is 94.5 Å². The molecule has 2 aliphatic rings. The normalized spacial score (nSPS) is 32.0. The van der Waals surface area contributed by atoms with E-state index in [4.69, 9.17) is 14.5 Å². The molecule has 0 spiro atoms. The number of aliphatic hydroxyl groups is 2. The second kappa shape index (κ2) is 12.3. The smallest absolute Gasteiger partial charge is 0.485 e. The number of rotatable bonds is 8. The maximum absolute atomic E-state index is 11.8. The number of hydrogen-bond donors (Lipinski definition) is 5. The number of phosphoric ester groups is 1. The van der Waals surface area contributed by atoms with Crippen molar-refractivity contribution in [1.29, 1.82) is 0 Å². The fraction of sp³-hybridized carbons (Fsp3) is 0.778. The van der Waals surface area contributed by atoms with Crippen LogP contribution < -0.4 is 15.1 Å². The van der Waals surface area contributed by atoms with Gasteiger partial charge in [-0.2, -0.15) is 0 Å². The third-order valence-corrected chi connectivity index (χ3v) is 7.28.